The van der Waals surface area contributed by atoms with E-state index in [1.807, 2.05) is 24.3 Å². The Hall–Kier alpha value is -2.91. The number of nitrogens with one attached hydrogen (secondary N) is 1. The molecule has 3 aromatic rings. The van der Waals surface area contributed by atoms with Crippen molar-refractivity contribution in [3.05, 3.63) is 71.2 Å². The van der Waals surface area contributed by atoms with Gasteiger partial charge in [-0.25, -0.2) is 13.4 Å². The number of aromatic nitrogens is 1. The number of anilines is 1. The van der Waals surface area contributed by atoms with Gasteiger partial charge < -0.3 is 9.64 Å². The number of sulfonamides is 1. The number of para-hydroxylation sites is 1. The molecule has 0 spiro atoms. The first kappa shape index (κ1) is 19.4. The Morgan fingerprint density at radius 3 is 2.69 bits per heavy atom. The normalized spacial score (nSPS) is 15.4. The summed E-state index contributed by atoms with van der Waals surface area (Å²) in [6.45, 7) is 0.444. The van der Waals surface area contributed by atoms with Gasteiger partial charge in [0.05, 0.1) is 11.4 Å². The summed E-state index contributed by atoms with van der Waals surface area (Å²) in [5, 5.41) is 1.98. The molecule has 0 aliphatic carbocycles. The highest BCUT2D eigenvalue weighted by molar-refractivity contribution is 7.93. The summed E-state index contributed by atoms with van der Waals surface area (Å²) in [6.07, 6.45) is 2.18. The molecule has 2 aromatic carbocycles. The smallest absolute Gasteiger partial charge is 0.263 e. The Kier molecular flexibility index (Phi) is 5.25. The summed E-state index contributed by atoms with van der Waals surface area (Å²) >= 11 is 1.19. The SMILES string of the molecule is CN(CC1Cc2ccccc2O1)C(=O)c1ccc(S(=O)(=O)Nc2nccs2)cc1. The van der Waals surface area contributed by atoms with E-state index in [9.17, 15) is 13.2 Å². The van der Waals surface area contributed by atoms with Crippen molar-refractivity contribution < 1.29 is 17.9 Å². The van der Waals surface area contributed by atoms with Crippen molar-refractivity contribution in [2.45, 2.75) is 17.4 Å². The number of amides is 1. The van der Waals surface area contributed by atoms with Crippen molar-refractivity contribution in [1.29, 1.82) is 0 Å². The van der Waals surface area contributed by atoms with Gasteiger partial charge in [0, 0.05) is 30.6 Å². The number of carbonyl (C=O) groups excluding carboxylic acids is 1. The van der Waals surface area contributed by atoms with Crippen molar-refractivity contribution in [2.75, 3.05) is 18.3 Å². The molecule has 9 heteroatoms. The molecule has 150 valence electrons. The Morgan fingerprint density at radius 2 is 2.00 bits per heavy atom. The maximum atomic E-state index is 12.7. The predicted octanol–water partition coefficient (Wildman–Crippen LogP) is 3.02. The predicted molar refractivity (Wildman–Crippen MR) is 111 cm³/mol. The van der Waals surface area contributed by atoms with Crippen LogP contribution < -0.4 is 9.46 Å². The second-order valence-corrected chi connectivity index (χ2v) is 9.28. The number of thiazole rings is 1. The van der Waals surface area contributed by atoms with Crippen molar-refractivity contribution in [2.24, 2.45) is 0 Å². The van der Waals surface area contributed by atoms with Crippen LogP contribution in [0.15, 0.2) is 65.0 Å². The van der Waals surface area contributed by atoms with Gasteiger partial charge in [-0.3, -0.25) is 9.52 Å². The molecule has 2 heterocycles. The maximum absolute atomic E-state index is 12.7. The van der Waals surface area contributed by atoms with E-state index >= 15 is 0 Å². The number of hydrogen-bond donors (Lipinski definition) is 1. The van der Waals surface area contributed by atoms with Crippen LogP contribution in [0.25, 0.3) is 0 Å². The Morgan fingerprint density at radius 1 is 1.24 bits per heavy atom. The lowest BCUT2D eigenvalue weighted by molar-refractivity contribution is 0.0730. The third-order valence-electron chi connectivity index (χ3n) is 4.60. The number of rotatable bonds is 6. The highest BCUT2D eigenvalue weighted by Crippen LogP contribution is 2.28. The van der Waals surface area contributed by atoms with Gasteiger partial charge in [0.25, 0.3) is 15.9 Å². The minimum atomic E-state index is -3.74. The largest absolute Gasteiger partial charge is 0.488 e. The molecule has 7 nitrogen and oxygen atoms in total. The second-order valence-electron chi connectivity index (χ2n) is 6.70. The summed E-state index contributed by atoms with van der Waals surface area (Å²) in [5.41, 5.74) is 1.55. The van der Waals surface area contributed by atoms with E-state index in [1.54, 1.807) is 17.3 Å². The lowest BCUT2D eigenvalue weighted by Gasteiger charge is -2.21. The molecule has 0 saturated heterocycles. The van der Waals surface area contributed by atoms with E-state index in [0.29, 0.717) is 17.2 Å². The van der Waals surface area contributed by atoms with Crippen molar-refractivity contribution in [3.63, 3.8) is 0 Å². The molecule has 1 amide bonds. The monoisotopic (exact) mass is 429 g/mol. The van der Waals surface area contributed by atoms with E-state index in [0.717, 1.165) is 17.7 Å². The highest BCUT2D eigenvalue weighted by atomic mass is 32.2. The molecule has 0 radical (unpaired) electrons. The van der Waals surface area contributed by atoms with Crippen LogP contribution in [0.4, 0.5) is 5.13 Å². The molecule has 1 unspecified atom stereocenters. The van der Waals surface area contributed by atoms with E-state index in [1.165, 1.54) is 41.8 Å². The first-order chi connectivity index (χ1) is 13.9. The van der Waals surface area contributed by atoms with Crippen molar-refractivity contribution in [3.8, 4) is 5.75 Å². The zero-order valence-corrected chi connectivity index (χ0v) is 17.2. The van der Waals surface area contributed by atoms with E-state index in [4.69, 9.17) is 4.74 Å². The molecule has 0 saturated carbocycles. The average molecular weight is 430 g/mol. The third-order valence-corrected chi connectivity index (χ3v) is 6.78. The molecule has 29 heavy (non-hydrogen) atoms. The molecule has 1 N–H and O–H groups in total. The summed E-state index contributed by atoms with van der Waals surface area (Å²) in [5.74, 6) is 0.669. The summed E-state index contributed by atoms with van der Waals surface area (Å²) in [6, 6.07) is 13.7. The fourth-order valence-electron chi connectivity index (χ4n) is 3.19. The second kappa shape index (κ2) is 7.84. The molecule has 1 aliphatic heterocycles. The van der Waals surface area contributed by atoms with Gasteiger partial charge in [-0.15, -0.1) is 11.3 Å². The molecule has 0 fully saturated rings. The highest BCUT2D eigenvalue weighted by Gasteiger charge is 2.25. The quantitative estimate of drug-likeness (QED) is 0.651. The number of fused-ring (bicyclic) bond motifs is 1. The van der Waals surface area contributed by atoms with Crippen LogP contribution in [0.2, 0.25) is 0 Å². The van der Waals surface area contributed by atoms with Crippen LogP contribution in [0.1, 0.15) is 15.9 Å². The number of benzene rings is 2. The number of hydrogen-bond acceptors (Lipinski definition) is 6. The van der Waals surface area contributed by atoms with Crippen LogP contribution in [-0.2, 0) is 16.4 Å². The zero-order valence-electron chi connectivity index (χ0n) is 15.6. The van der Waals surface area contributed by atoms with Gasteiger partial charge in [-0.05, 0) is 35.9 Å². The van der Waals surface area contributed by atoms with Crippen LogP contribution in [0, 0.1) is 0 Å². The van der Waals surface area contributed by atoms with Gasteiger partial charge in [0.2, 0.25) is 0 Å². The summed E-state index contributed by atoms with van der Waals surface area (Å²) in [7, 11) is -2.03. The molecule has 1 aromatic heterocycles. The standard InChI is InChI=1S/C20H19N3O4S2/c1-23(13-16-12-15-4-2-3-5-18(15)27-16)19(24)14-6-8-17(9-7-14)29(25,26)22-20-21-10-11-28-20/h2-11,16H,12-13H2,1H3,(H,21,22). The topological polar surface area (TPSA) is 88.6 Å². The average Bonchev–Trinajstić information content (AvgIpc) is 3.36. The van der Waals surface area contributed by atoms with Crippen LogP contribution in [-0.4, -0.2) is 43.9 Å². The lowest BCUT2D eigenvalue weighted by atomic mass is 10.1. The number of nitrogens with zero attached hydrogens (tertiary/aromatic N) is 2. The van der Waals surface area contributed by atoms with Gasteiger partial charge in [0.15, 0.2) is 5.13 Å². The van der Waals surface area contributed by atoms with Crippen LogP contribution >= 0.6 is 11.3 Å². The molecular formula is C20H19N3O4S2. The Bertz CT molecular complexity index is 1090. The minimum Gasteiger partial charge on any atom is -0.488 e. The first-order valence-electron chi connectivity index (χ1n) is 8.95. The number of likely N-dealkylation sites (N-methyl/N-ethyl adjacent to an activating group) is 1. The van der Waals surface area contributed by atoms with Gasteiger partial charge in [-0.1, -0.05) is 18.2 Å². The van der Waals surface area contributed by atoms with Crippen LogP contribution in [0.5, 0.6) is 5.75 Å². The van der Waals surface area contributed by atoms with E-state index in [-0.39, 0.29) is 16.9 Å². The van der Waals surface area contributed by atoms with Gasteiger partial charge >= 0.3 is 0 Å². The molecule has 4 rings (SSSR count). The Labute approximate surface area is 173 Å². The minimum absolute atomic E-state index is 0.0708. The molecular weight excluding hydrogens is 410 g/mol. The fourth-order valence-corrected chi connectivity index (χ4v) is 4.98. The summed E-state index contributed by atoms with van der Waals surface area (Å²) < 4.78 is 33.1. The van der Waals surface area contributed by atoms with Crippen LogP contribution in [0.3, 0.4) is 0 Å². The Balaban J connectivity index is 1.40. The summed E-state index contributed by atoms with van der Waals surface area (Å²) in [4.78, 5) is 18.3. The number of ether oxygens (including phenoxy) is 1. The molecule has 1 atom stereocenters. The molecule has 1 aliphatic rings. The zero-order chi connectivity index (χ0) is 20.4. The third kappa shape index (κ3) is 4.25. The fraction of sp³-hybridized carbons (Fsp3) is 0.200. The maximum Gasteiger partial charge on any atom is 0.263 e. The first-order valence-corrected chi connectivity index (χ1v) is 11.3. The van der Waals surface area contributed by atoms with Crippen molar-refractivity contribution in [1.82, 2.24) is 9.88 Å². The van der Waals surface area contributed by atoms with E-state index < -0.39 is 10.0 Å². The molecule has 0 bridgehead atoms. The van der Waals surface area contributed by atoms with Gasteiger partial charge in [-0.2, -0.15) is 0 Å². The van der Waals surface area contributed by atoms with Gasteiger partial charge in [0.1, 0.15) is 11.9 Å². The van der Waals surface area contributed by atoms with Crippen molar-refractivity contribution >= 4 is 32.4 Å². The number of carbonyl (C=O) groups is 1. The van der Waals surface area contributed by atoms with E-state index in [2.05, 4.69) is 9.71 Å². The lowest BCUT2D eigenvalue weighted by Crippen LogP contribution is -2.36.